The summed E-state index contributed by atoms with van der Waals surface area (Å²) < 4.78 is 5.20. The summed E-state index contributed by atoms with van der Waals surface area (Å²) in [6, 6.07) is 0. The summed E-state index contributed by atoms with van der Waals surface area (Å²) in [7, 11) is 0. The number of rotatable bonds is 6. The highest BCUT2D eigenvalue weighted by atomic mass is 16.5. The summed E-state index contributed by atoms with van der Waals surface area (Å²) >= 11 is 0. The number of hydrogen-bond donors (Lipinski definition) is 1. The largest absolute Gasteiger partial charge is 0.378 e. The lowest BCUT2D eigenvalue weighted by molar-refractivity contribution is -0.135. The van der Waals surface area contributed by atoms with E-state index in [1.807, 2.05) is 4.90 Å². The van der Waals surface area contributed by atoms with Gasteiger partial charge < -0.3 is 15.0 Å². The Hall–Kier alpha value is -0.610. The Kier molecular flexibility index (Phi) is 6.36. The summed E-state index contributed by atoms with van der Waals surface area (Å²) in [5.74, 6) is 0.252. The summed E-state index contributed by atoms with van der Waals surface area (Å²) in [6.07, 6.45) is 3.00. The van der Waals surface area contributed by atoms with E-state index in [1.165, 1.54) is 12.8 Å². The number of morpholine rings is 1. The van der Waals surface area contributed by atoms with Crippen molar-refractivity contribution in [3.8, 4) is 0 Å². The van der Waals surface area contributed by atoms with Gasteiger partial charge in [-0.1, -0.05) is 13.3 Å². The van der Waals surface area contributed by atoms with Gasteiger partial charge in [-0.05, 0) is 13.0 Å². The molecule has 0 aromatic carbocycles. The molecule has 1 rings (SSSR count). The first-order valence-corrected chi connectivity index (χ1v) is 5.91. The molecular weight excluding hydrogens is 192 g/mol. The smallest absolute Gasteiger partial charge is 0.224 e. The first-order valence-electron chi connectivity index (χ1n) is 5.91. The molecule has 0 saturated carbocycles. The molecule has 0 unspecified atom stereocenters. The second kappa shape index (κ2) is 7.65. The number of amides is 1. The van der Waals surface area contributed by atoms with Crippen molar-refractivity contribution in [2.45, 2.75) is 26.2 Å². The third kappa shape index (κ3) is 5.14. The maximum absolute atomic E-state index is 11.7. The minimum atomic E-state index is 0.252. The number of hydrogen-bond acceptors (Lipinski definition) is 3. The lowest BCUT2D eigenvalue weighted by Gasteiger charge is -2.26. The van der Waals surface area contributed by atoms with Crippen LogP contribution in [0.5, 0.6) is 0 Å². The summed E-state index contributed by atoms with van der Waals surface area (Å²) in [4.78, 5) is 13.6. The predicted octanol–water partition coefficient (Wildman–Crippen LogP) is 0.625. The van der Waals surface area contributed by atoms with E-state index < -0.39 is 0 Å². The average Bonchev–Trinajstić information content (AvgIpc) is 2.30. The fraction of sp³-hybridized carbons (Fsp3) is 0.909. The van der Waals surface area contributed by atoms with Gasteiger partial charge >= 0.3 is 0 Å². The molecule has 0 atom stereocenters. The fourth-order valence-corrected chi connectivity index (χ4v) is 1.59. The number of unbranched alkanes of at least 4 members (excludes halogenated alkanes) is 1. The summed E-state index contributed by atoms with van der Waals surface area (Å²) in [6.45, 7) is 6.88. The van der Waals surface area contributed by atoms with E-state index in [0.717, 1.165) is 26.2 Å². The van der Waals surface area contributed by atoms with Crippen molar-refractivity contribution >= 4 is 5.91 Å². The van der Waals surface area contributed by atoms with Crippen LogP contribution < -0.4 is 5.32 Å². The zero-order chi connectivity index (χ0) is 10.9. The fourth-order valence-electron chi connectivity index (χ4n) is 1.59. The zero-order valence-electron chi connectivity index (χ0n) is 9.63. The molecule has 0 aromatic heterocycles. The van der Waals surface area contributed by atoms with Crippen LogP contribution in [-0.2, 0) is 9.53 Å². The quantitative estimate of drug-likeness (QED) is 0.659. The van der Waals surface area contributed by atoms with Gasteiger partial charge in [0.05, 0.1) is 13.2 Å². The van der Waals surface area contributed by atoms with Crippen LogP contribution in [0, 0.1) is 0 Å². The topological polar surface area (TPSA) is 41.6 Å². The maximum atomic E-state index is 11.7. The van der Waals surface area contributed by atoms with E-state index in [1.54, 1.807) is 0 Å². The molecule has 4 nitrogen and oxygen atoms in total. The van der Waals surface area contributed by atoms with Crippen molar-refractivity contribution in [1.82, 2.24) is 10.2 Å². The molecule has 1 N–H and O–H groups in total. The van der Waals surface area contributed by atoms with Crippen molar-refractivity contribution in [2.24, 2.45) is 0 Å². The first-order chi connectivity index (χ1) is 7.34. The van der Waals surface area contributed by atoms with Crippen LogP contribution in [0.4, 0.5) is 0 Å². The van der Waals surface area contributed by atoms with Crippen molar-refractivity contribution in [3.63, 3.8) is 0 Å². The normalized spacial score (nSPS) is 16.7. The van der Waals surface area contributed by atoms with E-state index in [2.05, 4.69) is 12.2 Å². The van der Waals surface area contributed by atoms with Crippen LogP contribution in [-0.4, -0.2) is 50.2 Å². The van der Waals surface area contributed by atoms with E-state index >= 15 is 0 Å². The van der Waals surface area contributed by atoms with Gasteiger partial charge in [0.1, 0.15) is 0 Å². The van der Waals surface area contributed by atoms with Crippen molar-refractivity contribution < 1.29 is 9.53 Å². The Morgan fingerprint density at radius 3 is 2.73 bits per heavy atom. The van der Waals surface area contributed by atoms with E-state index in [4.69, 9.17) is 4.74 Å². The van der Waals surface area contributed by atoms with E-state index in [0.29, 0.717) is 19.6 Å². The second-order valence-corrected chi connectivity index (χ2v) is 3.85. The Labute approximate surface area is 92.0 Å². The van der Waals surface area contributed by atoms with Gasteiger partial charge in [-0.25, -0.2) is 0 Å². The lowest BCUT2D eigenvalue weighted by atomic mass is 10.3. The van der Waals surface area contributed by atoms with Gasteiger partial charge in [-0.15, -0.1) is 0 Å². The van der Waals surface area contributed by atoms with Crippen molar-refractivity contribution in [1.29, 1.82) is 0 Å². The average molecular weight is 214 g/mol. The monoisotopic (exact) mass is 214 g/mol. The highest BCUT2D eigenvalue weighted by Crippen LogP contribution is 1.99. The molecular formula is C11H22N2O2. The zero-order valence-corrected chi connectivity index (χ0v) is 9.63. The van der Waals surface area contributed by atoms with Crippen LogP contribution in [0.25, 0.3) is 0 Å². The molecule has 1 amide bonds. The number of nitrogens with one attached hydrogen (secondary N) is 1. The first kappa shape index (κ1) is 12.5. The van der Waals surface area contributed by atoms with Gasteiger partial charge in [-0.3, -0.25) is 4.79 Å². The van der Waals surface area contributed by atoms with Crippen molar-refractivity contribution in [2.75, 3.05) is 39.4 Å². The Balaban J connectivity index is 2.02. The molecule has 0 aliphatic carbocycles. The van der Waals surface area contributed by atoms with Gasteiger partial charge in [0.15, 0.2) is 0 Å². The molecule has 0 aromatic rings. The molecule has 15 heavy (non-hydrogen) atoms. The summed E-state index contributed by atoms with van der Waals surface area (Å²) in [5, 5.41) is 3.28. The molecule has 1 heterocycles. The molecule has 4 heteroatoms. The summed E-state index contributed by atoms with van der Waals surface area (Å²) in [5.41, 5.74) is 0. The van der Waals surface area contributed by atoms with Gasteiger partial charge in [0, 0.05) is 26.1 Å². The third-order valence-electron chi connectivity index (χ3n) is 2.59. The molecule has 88 valence electrons. The highest BCUT2D eigenvalue weighted by molar-refractivity contribution is 5.76. The molecule has 0 bridgehead atoms. The minimum Gasteiger partial charge on any atom is -0.378 e. The molecule has 1 aliphatic heterocycles. The van der Waals surface area contributed by atoms with Crippen LogP contribution in [0.15, 0.2) is 0 Å². The number of nitrogens with zero attached hydrogens (tertiary/aromatic N) is 1. The third-order valence-corrected chi connectivity index (χ3v) is 2.59. The Bertz CT molecular complexity index is 179. The van der Waals surface area contributed by atoms with Crippen LogP contribution in [0.2, 0.25) is 0 Å². The number of carbonyl (C=O) groups excluding carboxylic acids is 1. The lowest BCUT2D eigenvalue weighted by Crippen LogP contribution is -2.41. The number of carbonyl (C=O) groups is 1. The highest BCUT2D eigenvalue weighted by Gasteiger charge is 2.15. The van der Waals surface area contributed by atoms with Crippen LogP contribution >= 0.6 is 0 Å². The molecule has 1 fully saturated rings. The minimum absolute atomic E-state index is 0.252. The Morgan fingerprint density at radius 1 is 1.33 bits per heavy atom. The van der Waals surface area contributed by atoms with Gasteiger partial charge in [-0.2, -0.15) is 0 Å². The van der Waals surface area contributed by atoms with Crippen molar-refractivity contribution in [3.05, 3.63) is 0 Å². The van der Waals surface area contributed by atoms with Gasteiger partial charge in [0.2, 0.25) is 5.91 Å². The van der Waals surface area contributed by atoms with E-state index in [-0.39, 0.29) is 5.91 Å². The standard InChI is InChI=1S/C11H22N2O2/c1-2-3-5-12-6-4-11(14)13-7-9-15-10-8-13/h12H,2-10H2,1H3. The van der Waals surface area contributed by atoms with Crippen LogP contribution in [0.1, 0.15) is 26.2 Å². The molecule has 0 spiro atoms. The van der Waals surface area contributed by atoms with Crippen LogP contribution in [0.3, 0.4) is 0 Å². The molecule has 0 radical (unpaired) electrons. The van der Waals surface area contributed by atoms with E-state index in [9.17, 15) is 4.79 Å². The number of ether oxygens (including phenoxy) is 1. The predicted molar refractivity (Wildman–Crippen MR) is 59.8 cm³/mol. The molecule has 1 saturated heterocycles. The maximum Gasteiger partial charge on any atom is 0.224 e. The Morgan fingerprint density at radius 2 is 2.07 bits per heavy atom. The van der Waals surface area contributed by atoms with Gasteiger partial charge in [0.25, 0.3) is 0 Å². The SMILES string of the molecule is CCCCNCCC(=O)N1CCOCC1. The molecule has 1 aliphatic rings. The second-order valence-electron chi connectivity index (χ2n) is 3.85.